The monoisotopic (exact) mass is 115 g/mol. The highest BCUT2D eigenvalue weighted by molar-refractivity contribution is 4.84. The van der Waals surface area contributed by atoms with Gasteiger partial charge in [-0.15, -0.1) is 0 Å². The van der Waals surface area contributed by atoms with E-state index in [2.05, 4.69) is 0 Å². The third kappa shape index (κ3) is 1.01. The standard InChI is InChI=1S/C6H13NO/c1-2-8-6-4-3-5(6)7/h5-6H,2-4,7H2,1H3/t5-,6+/m1/s1. The van der Waals surface area contributed by atoms with Crippen molar-refractivity contribution in [3.8, 4) is 0 Å². The second kappa shape index (κ2) is 2.46. The van der Waals surface area contributed by atoms with Crippen LogP contribution in [0, 0.1) is 0 Å². The molecule has 0 radical (unpaired) electrons. The normalized spacial score (nSPS) is 36.8. The SMILES string of the molecule is CCO[C@H]1CC[C@H]1N. The van der Waals surface area contributed by atoms with E-state index in [1.807, 2.05) is 6.92 Å². The van der Waals surface area contributed by atoms with E-state index in [1.165, 1.54) is 0 Å². The Labute approximate surface area is 50.0 Å². The van der Waals surface area contributed by atoms with Gasteiger partial charge in [0.25, 0.3) is 0 Å². The maximum Gasteiger partial charge on any atom is 0.0726 e. The zero-order valence-corrected chi connectivity index (χ0v) is 5.26. The summed E-state index contributed by atoms with van der Waals surface area (Å²) in [7, 11) is 0. The first-order valence-corrected chi connectivity index (χ1v) is 3.21. The van der Waals surface area contributed by atoms with Crippen LogP contribution in [-0.2, 0) is 4.74 Å². The van der Waals surface area contributed by atoms with Gasteiger partial charge < -0.3 is 10.5 Å². The molecule has 1 rings (SSSR count). The molecule has 0 aromatic rings. The summed E-state index contributed by atoms with van der Waals surface area (Å²) in [5.41, 5.74) is 5.58. The van der Waals surface area contributed by atoms with Gasteiger partial charge in [-0.1, -0.05) is 0 Å². The Bertz CT molecular complexity index is 74.9. The van der Waals surface area contributed by atoms with Crippen LogP contribution < -0.4 is 5.73 Å². The van der Waals surface area contributed by atoms with Gasteiger partial charge in [0.1, 0.15) is 0 Å². The minimum Gasteiger partial charge on any atom is -0.377 e. The third-order valence-electron chi connectivity index (χ3n) is 1.64. The molecule has 1 fully saturated rings. The molecule has 0 unspecified atom stereocenters. The number of hydrogen-bond acceptors (Lipinski definition) is 2. The van der Waals surface area contributed by atoms with Gasteiger partial charge in [0.15, 0.2) is 0 Å². The zero-order chi connectivity index (χ0) is 5.98. The van der Waals surface area contributed by atoms with E-state index in [0.29, 0.717) is 12.1 Å². The highest BCUT2D eigenvalue weighted by atomic mass is 16.5. The number of rotatable bonds is 2. The van der Waals surface area contributed by atoms with Gasteiger partial charge in [0, 0.05) is 12.6 Å². The molecule has 0 aliphatic heterocycles. The number of ether oxygens (including phenoxy) is 1. The molecule has 0 aromatic heterocycles. The Hall–Kier alpha value is -0.0800. The number of hydrogen-bond donors (Lipinski definition) is 1. The molecule has 8 heavy (non-hydrogen) atoms. The summed E-state index contributed by atoms with van der Waals surface area (Å²) >= 11 is 0. The molecule has 2 heteroatoms. The van der Waals surface area contributed by atoms with Gasteiger partial charge in [-0.3, -0.25) is 0 Å². The van der Waals surface area contributed by atoms with Crippen molar-refractivity contribution < 1.29 is 4.74 Å². The highest BCUT2D eigenvalue weighted by Gasteiger charge is 2.27. The summed E-state index contributed by atoms with van der Waals surface area (Å²) < 4.78 is 5.27. The van der Waals surface area contributed by atoms with Crippen molar-refractivity contribution in [2.45, 2.75) is 31.9 Å². The van der Waals surface area contributed by atoms with E-state index < -0.39 is 0 Å². The van der Waals surface area contributed by atoms with Gasteiger partial charge >= 0.3 is 0 Å². The highest BCUT2D eigenvalue weighted by Crippen LogP contribution is 2.20. The Balaban J connectivity index is 2.08. The molecular formula is C6H13NO. The molecule has 2 atom stereocenters. The predicted octanol–water partition coefficient (Wildman–Crippen LogP) is 0.513. The summed E-state index contributed by atoms with van der Waals surface area (Å²) in [5.74, 6) is 0. The fourth-order valence-electron chi connectivity index (χ4n) is 0.916. The molecule has 0 heterocycles. The smallest absolute Gasteiger partial charge is 0.0726 e. The summed E-state index contributed by atoms with van der Waals surface area (Å²) in [6.45, 7) is 2.81. The lowest BCUT2D eigenvalue weighted by Gasteiger charge is -2.32. The van der Waals surface area contributed by atoms with Crippen LogP contribution >= 0.6 is 0 Å². The maximum absolute atomic E-state index is 5.58. The molecule has 0 spiro atoms. The van der Waals surface area contributed by atoms with Crippen molar-refractivity contribution >= 4 is 0 Å². The Morgan fingerprint density at radius 1 is 1.62 bits per heavy atom. The maximum atomic E-state index is 5.58. The second-order valence-electron chi connectivity index (χ2n) is 2.23. The van der Waals surface area contributed by atoms with Gasteiger partial charge in [-0.25, -0.2) is 0 Å². The largest absolute Gasteiger partial charge is 0.377 e. The van der Waals surface area contributed by atoms with Crippen LogP contribution in [0.4, 0.5) is 0 Å². The molecule has 0 amide bonds. The molecule has 2 N–H and O–H groups in total. The van der Waals surface area contributed by atoms with Crippen LogP contribution in [0.25, 0.3) is 0 Å². The summed E-state index contributed by atoms with van der Waals surface area (Å²) in [6.07, 6.45) is 2.68. The van der Waals surface area contributed by atoms with E-state index in [9.17, 15) is 0 Å². The second-order valence-corrected chi connectivity index (χ2v) is 2.23. The van der Waals surface area contributed by atoms with E-state index in [4.69, 9.17) is 10.5 Å². The molecule has 1 aliphatic rings. The van der Waals surface area contributed by atoms with E-state index in [0.717, 1.165) is 19.4 Å². The van der Waals surface area contributed by atoms with Crippen molar-refractivity contribution in [2.24, 2.45) is 5.73 Å². The minimum absolute atomic E-state index is 0.329. The molecule has 1 aliphatic carbocycles. The average molecular weight is 115 g/mol. The lowest BCUT2D eigenvalue weighted by Crippen LogP contribution is -2.45. The topological polar surface area (TPSA) is 35.2 Å². The van der Waals surface area contributed by atoms with Gasteiger partial charge in [0.05, 0.1) is 6.10 Å². The summed E-state index contributed by atoms with van der Waals surface area (Å²) in [6, 6.07) is 0.329. The summed E-state index contributed by atoms with van der Waals surface area (Å²) in [5, 5.41) is 0. The lowest BCUT2D eigenvalue weighted by molar-refractivity contribution is -0.00726. The van der Waals surface area contributed by atoms with Crippen molar-refractivity contribution in [1.82, 2.24) is 0 Å². The van der Waals surface area contributed by atoms with Gasteiger partial charge in [-0.05, 0) is 19.8 Å². The third-order valence-corrected chi connectivity index (χ3v) is 1.64. The van der Waals surface area contributed by atoms with Crippen LogP contribution in [0.5, 0.6) is 0 Å². The molecule has 0 saturated heterocycles. The first-order valence-electron chi connectivity index (χ1n) is 3.21. The molecule has 2 nitrogen and oxygen atoms in total. The predicted molar refractivity (Wildman–Crippen MR) is 32.6 cm³/mol. The lowest BCUT2D eigenvalue weighted by atomic mass is 9.90. The van der Waals surface area contributed by atoms with Crippen LogP contribution in [0.3, 0.4) is 0 Å². The van der Waals surface area contributed by atoms with Crippen LogP contribution in [0.2, 0.25) is 0 Å². The summed E-state index contributed by atoms with van der Waals surface area (Å²) in [4.78, 5) is 0. The Morgan fingerprint density at radius 3 is 2.50 bits per heavy atom. The number of nitrogens with two attached hydrogens (primary N) is 1. The Kier molecular flexibility index (Phi) is 1.86. The average Bonchev–Trinajstić information content (AvgIpc) is 1.79. The fraction of sp³-hybridized carbons (Fsp3) is 1.00. The van der Waals surface area contributed by atoms with E-state index >= 15 is 0 Å². The van der Waals surface area contributed by atoms with Gasteiger partial charge in [0.2, 0.25) is 0 Å². The van der Waals surface area contributed by atoms with E-state index in [-0.39, 0.29) is 0 Å². The zero-order valence-electron chi connectivity index (χ0n) is 5.26. The molecule has 0 aromatic carbocycles. The molecule has 0 bridgehead atoms. The van der Waals surface area contributed by atoms with Crippen LogP contribution in [-0.4, -0.2) is 18.8 Å². The first-order chi connectivity index (χ1) is 3.84. The molecule has 1 saturated carbocycles. The van der Waals surface area contributed by atoms with Crippen LogP contribution in [0.1, 0.15) is 19.8 Å². The van der Waals surface area contributed by atoms with Gasteiger partial charge in [-0.2, -0.15) is 0 Å². The van der Waals surface area contributed by atoms with E-state index in [1.54, 1.807) is 0 Å². The minimum atomic E-state index is 0.329. The molecule has 48 valence electrons. The quantitative estimate of drug-likeness (QED) is 0.569. The van der Waals surface area contributed by atoms with Crippen LogP contribution in [0.15, 0.2) is 0 Å². The molecular weight excluding hydrogens is 102 g/mol. The Morgan fingerprint density at radius 2 is 2.38 bits per heavy atom. The van der Waals surface area contributed by atoms with Crippen molar-refractivity contribution in [3.63, 3.8) is 0 Å². The fourth-order valence-corrected chi connectivity index (χ4v) is 0.916. The van der Waals surface area contributed by atoms with Crippen molar-refractivity contribution in [2.75, 3.05) is 6.61 Å². The van der Waals surface area contributed by atoms with Crippen molar-refractivity contribution in [3.05, 3.63) is 0 Å². The van der Waals surface area contributed by atoms with Crippen molar-refractivity contribution in [1.29, 1.82) is 0 Å². The first kappa shape index (κ1) is 6.05.